The summed E-state index contributed by atoms with van der Waals surface area (Å²) in [5.41, 5.74) is 1.32. The summed E-state index contributed by atoms with van der Waals surface area (Å²) in [6.45, 7) is 1.58. The minimum Gasteiger partial charge on any atom is -0.483 e. The number of hydrogen-bond acceptors (Lipinski definition) is 4. The summed E-state index contributed by atoms with van der Waals surface area (Å²) in [4.78, 5) is 38.8. The monoisotopic (exact) mass is 396 g/mol. The highest BCUT2D eigenvalue weighted by molar-refractivity contribution is 6.31. The van der Waals surface area contributed by atoms with Gasteiger partial charge in [0.05, 0.1) is 0 Å². The van der Waals surface area contributed by atoms with Crippen LogP contribution in [0.2, 0.25) is 5.02 Å². The molecule has 0 saturated heterocycles. The molecular formula is C21H17ClN2O4. The van der Waals surface area contributed by atoms with Crippen LogP contribution < -0.4 is 15.5 Å². The molecule has 0 fully saturated rings. The predicted octanol–water partition coefficient (Wildman–Crippen LogP) is 4.06. The number of carbonyl (C=O) groups excluding carboxylic acids is 2. The Hall–Kier alpha value is -3.38. The van der Waals surface area contributed by atoms with Gasteiger partial charge >= 0.3 is 0 Å². The van der Waals surface area contributed by atoms with Gasteiger partial charge in [0.25, 0.3) is 5.91 Å². The van der Waals surface area contributed by atoms with Gasteiger partial charge in [0, 0.05) is 34.1 Å². The number of ketones is 1. The molecule has 0 radical (unpaired) electrons. The van der Waals surface area contributed by atoms with E-state index >= 15 is 0 Å². The Bertz CT molecular complexity index is 1090. The highest BCUT2D eigenvalue weighted by Gasteiger charge is 2.11. The maximum Gasteiger partial charge on any atom is 0.272 e. The molecule has 2 aromatic carbocycles. The lowest BCUT2D eigenvalue weighted by Crippen LogP contribution is -2.18. The first-order chi connectivity index (χ1) is 13.4. The summed E-state index contributed by atoms with van der Waals surface area (Å²) in [5, 5.41) is 3.19. The topological polar surface area (TPSA) is 88.3 Å². The number of rotatable bonds is 6. The second-order valence-electron chi connectivity index (χ2n) is 6.05. The molecule has 3 aromatic rings. The van der Waals surface area contributed by atoms with E-state index < -0.39 is 11.3 Å². The van der Waals surface area contributed by atoms with Gasteiger partial charge in [0.2, 0.25) is 5.43 Å². The summed E-state index contributed by atoms with van der Waals surface area (Å²) in [5.74, 6) is -0.532. The number of aromatic amines is 1. The highest BCUT2D eigenvalue weighted by Crippen LogP contribution is 2.17. The lowest BCUT2D eigenvalue weighted by Gasteiger charge is -2.09. The van der Waals surface area contributed by atoms with Gasteiger partial charge in [-0.05, 0) is 25.1 Å². The van der Waals surface area contributed by atoms with Crippen LogP contribution in [0.15, 0.2) is 65.6 Å². The Morgan fingerprint density at radius 2 is 1.89 bits per heavy atom. The fourth-order valence-corrected chi connectivity index (χ4v) is 2.68. The first-order valence-electron chi connectivity index (χ1n) is 8.45. The van der Waals surface area contributed by atoms with E-state index in [-0.39, 0.29) is 23.8 Å². The van der Waals surface area contributed by atoms with E-state index in [9.17, 15) is 14.4 Å². The number of halogens is 1. The van der Waals surface area contributed by atoms with Crippen molar-refractivity contribution < 1.29 is 14.3 Å². The third-order valence-corrected chi connectivity index (χ3v) is 4.36. The van der Waals surface area contributed by atoms with Crippen molar-refractivity contribution in [1.29, 1.82) is 0 Å². The van der Waals surface area contributed by atoms with Crippen LogP contribution in [0.4, 0.5) is 5.69 Å². The van der Waals surface area contributed by atoms with Gasteiger partial charge < -0.3 is 15.0 Å². The van der Waals surface area contributed by atoms with Crippen LogP contribution in [-0.2, 0) is 6.61 Å². The fourth-order valence-electron chi connectivity index (χ4n) is 2.49. The minimum absolute atomic E-state index is 0.0725. The number of ether oxygens (including phenoxy) is 1. The number of nitrogens with one attached hydrogen (secondary N) is 2. The molecule has 2 N–H and O–H groups in total. The molecule has 1 amide bonds. The largest absolute Gasteiger partial charge is 0.483 e. The smallest absolute Gasteiger partial charge is 0.272 e. The standard InChI is InChI=1S/C21H17ClN2O4/c1-13(25)14-6-4-7-16(9-14)24-21(27)18-10-19(26)20(11-23-18)28-12-15-5-2-3-8-17(15)22/h2-11H,12H2,1H3,(H,23,26)(H,24,27). The lowest BCUT2D eigenvalue weighted by atomic mass is 10.1. The van der Waals surface area contributed by atoms with E-state index in [4.69, 9.17) is 16.3 Å². The number of benzene rings is 2. The molecule has 0 atom stereocenters. The summed E-state index contributed by atoms with van der Waals surface area (Å²) in [6, 6.07) is 14.9. The Labute approximate surface area is 166 Å². The van der Waals surface area contributed by atoms with E-state index in [1.165, 1.54) is 13.1 Å². The molecule has 142 valence electrons. The van der Waals surface area contributed by atoms with Crippen LogP contribution >= 0.6 is 11.6 Å². The van der Waals surface area contributed by atoms with Gasteiger partial charge in [-0.1, -0.05) is 41.9 Å². The van der Waals surface area contributed by atoms with Gasteiger partial charge in [0.1, 0.15) is 12.3 Å². The van der Waals surface area contributed by atoms with Crippen LogP contribution in [0.1, 0.15) is 33.3 Å². The van der Waals surface area contributed by atoms with Gasteiger partial charge in [-0.2, -0.15) is 0 Å². The Kier molecular flexibility index (Phi) is 5.91. The number of pyridine rings is 1. The zero-order valence-electron chi connectivity index (χ0n) is 15.0. The van der Waals surface area contributed by atoms with Gasteiger partial charge in [-0.15, -0.1) is 0 Å². The maximum absolute atomic E-state index is 12.4. The summed E-state index contributed by atoms with van der Waals surface area (Å²) < 4.78 is 5.50. The summed E-state index contributed by atoms with van der Waals surface area (Å²) in [6.07, 6.45) is 1.33. The first kappa shape index (κ1) is 19.4. The van der Waals surface area contributed by atoms with Crippen molar-refractivity contribution in [3.05, 3.63) is 92.9 Å². The van der Waals surface area contributed by atoms with Crippen molar-refractivity contribution in [2.24, 2.45) is 0 Å². The first-order valence-corrected chi connectivity index (χ1v) is 8.83. The third-order valence-electron chi connectivity index (χ3n) is 3.99. The van der Waals surface area contributed by atoms with Crippen molar-refractivity contribution >= 4 is 29.0 Å². The quantitative estimate of drug-likeness (QED) is 0.615. The molecule has 0 aliphatic carbocycles. The van der Waals surface area contributed by atoms with Gasteiger partial charge in [-0.3, -0.25) is 14.4 Å². The Morgan fingerprint density at radius 3 is 2.61 bits per heavy atom. The third kappa shape index (κ3) is 4.66. The van der Waals surface area contributed by atoms with Crippen LogP contribution in [0.3, 0.4) is 0 Å². The molecular weight excluding hydrogens is 380 g/mol. The fraction of sp³-hybridized carbons (Fsp3) is 0.0952. The van der Waals surface area contributed by atoms with Crippen molar-refractivity contribution in [2.45, 2.75) is 13.5 Å². The number of anilines is 1. The van der Waals surface area contributed by atoms with E-state index in [1.54, 1.807) is 42.5 Å². The minimum atomic E-state index is -0.504. The molecule has 0 bridgehead atoms. The maximum atomic E-state index is 12.4. The zero-order chi connectivity index (χ0) is 20.1. The summed E-state index contributed by atoms with van der Waals surface area (Å²) >= 11 is 6.06. The van der Waals surface area contributed by atoms with E-state index in [0.29, 0.717) is 16.3 Å². The second kappa shape index (κ2) is 8.54. The number of amides is 1. The molecule has 7 heteroatoms. The molecule has 1 heterocycles. The molecule has 0 saturated carbocycles. The van der Waals surface area contributed by atoms with E-state index in [2.05, 4.69) is 10.3 Å². The molecule has 0 aliphatic heterocycles. The predicted molar refractivity (Wildman–Crippen MR) is 107 cm³/mol. The molecule has 6 nitrogen and oxygen atoms in total. The number of aromatic nitrogens is 1. The average Bonchev–Trinajstić information content (AvgIpc) is 2.68. The second-order valence-corrected chi connectivity index (χ2v) is 6.45. The Morgan fingerprint density at radius 1 is 1.11 bits per heavy atom. The normalized spacial score (nSPS) is 10.4. The number of hydrogen-bond donors (Lipinski definition) is 2. The highest BCUT2D eigenvalue weighted by atomic mass is 35.5. The van der Waals surface area contributed by atoms with Crippen LogP contribution in [0.25, 0.3) is 0 Å². The molecule has 0 unspecified atom stereocenters. The molecule has 28 heavy (non-hydrogen) atoms. The van der Waals surface area contributed by atoms with Crippen LogP contribution in [0.5, 0.6) is 5.75 Å². The van der Waals surface area contributed by atoms with Crippen molar-refractivity contribution in [1.82, 2.24) is 4.98 Å². The summed E-state index contributed by atoms with van der Waals surface area (Å²) in [7, 11) is 0. The van der Waals surface area contributed by atoms with Crippen molar-refractivity contribution in [3.63, 3.8) is 0 Å². The number of H-pyrrole nitrogens is 1. The zero-order valence-corrected chi connectivity index (χ0v) is 15.7. The molecule has 1 aromatic heterocycles. The van der Waals surface area contributed by atoms with Gasteiger partial charge in [0.15, 0.2) is 11.5 Å². The van der Waals surface area contributed by atoms with E-state index in [1.807, 2.05) is 6.07 Å². The number of carbonyl (C=O) groups is 2. The molecule has 0 aliphatic rings. The molecule has 0 spiro atoms. The lowest BCUT2D eigenvalue weighted by molar-refractivity contribution is 0.100. The van der Waals surface area contributed by atoms with Crippen LogP contribution in [0, 0.1) is 0 Å². The Balaban J connectivity index is 1.70. The molecule has 3 rings (SSSR count). The number of Topliss-reactive ketones (excluding diaryl/α,β-unsaturated/α-hetero) is 1. The van der Waals surface area contributed by atoms with Gasteiger partial charge in [-0.25, -0.2) is 0 Å². The van der Waals surface area contributed by atoms with Crippen molar-refractivity contribution in [3.8, 4) is 5.75 Å². The van der Waals surface area contributed by atoms with Crippen molar-refractivity contribution in [2.75, 3.05) is 5.32 Å². The van der Waals surface area contributed by atoms with Crippen LogP contribution in [-0.4, -0.2) is 16.7 Å². The SMILES string of the molecule is CC(=O)c1cccc(NC(=O)c2cc(=O)c(OCc3ccccc3Cl)c[nH]2)c1. The average molecular weight is 397 g/mol. The van der Waals surface area contributed by atoms with E-state index in [0.717, 1.165) is 11.6 Å².